The summed E-state index contributed by atoms with van der Waals surface area (Å²) >= 11 is 3.86. The maximum absolute atomic E-state index is 13.4. The van der Waals surface area contributed by atoms with Crippen molar-refractivity contribution >= 4 is 74.4 Å². The van der Waals surface area contributed by atoms with Crippen molar-refractivity contribution in [3.05, 3.63) is 35.7 Å². The molecule has 5 rings (SSSR count). The first-order chi connectivity index (χ1) is 17.3. The number of hydrogen-bond acceptors (Lipinski definition) is 6. The fourth-order valence-electron chi connectivity index (χ4n) is 4.12. The van der Waals surface area contributed by atoms with E-state index in [9.17, 15) is 13.6 Å². The fraction of sp³-hybridized carbons (Fsp3) is 0.458. The number of thioether (sulfide) groups is 1. The number of hydrogen-bond donors (Lipinski definition) is 2. The van der Waals surface area contributed by atoms with Gasteiger partial charge in [-0.05, 0) is 65.8 Å². The topological polar surface area (TPSA) is 81.1 Å². The molecule has 36 heavy (non-hydrogen) atoms. The van der Waals surface area contributed by atoms with Crippen LogP contribution >= 0.6 is 40.2 Å². The Balaban J connectivity index is 0.00000148. The number of imidazole rings is 1. The summed E-state index contributed by atoms with van der Waals surface area (Å²) in [4.78, 5) is 22.6. The molecule has 1 saturated heterocycles. The van der Waals surface area contributed by atoms with Crippen molar-refractivity contribution in [3.8, 4) is 0 Å². The Morgan fingerprint density at radius 1 is 1.28 bits per heavy atom. The highest BCUT2D eigenvalue weighted by Crippen LogP contribution is 2.49. The van der Waals surface area contributed by atoms with Crippen LogP contribution in [0.3, 0.4) is 0 Å². The van der Waals surface area contributed by atoms with Crippen LogP contribution in [0.15, 0.2) is 29.2 Å². The van der Waals surface area contributed by atoms with Gasteiger partial charge in [0.25, 0.3) is 5.92 Å². The van der Waals surface area contributed by atoms with Crippen molar-refractivity contribution in [2.75, 3.05) is 23.5 Å². The van der Waals surface area contributed by atoms with Gasteiger partial charge in [-0.1, -0.05) is 19.9 Å². The molecule has 1 amide bonds. The molecule has 3 atom stereocenters. The molecule has 2 N–H and O–H groups in total. The number of aryl methyl sites for hydroxylation is 1. The lowest BCUT2D eigenvalue weighted by Crippen LogP contribution is -2.18. The molecule has 0 spiro atoms. The van der Waals surface area contributed by atoms with Gasteiger partial charge in [-0.3, -0.25) is 9.13 Å². The molecule has 2 fully saturated rings. The van der Waals surface area contributed by atoms with Crippen LogP contribution in [0.25, 0.3) is 11.2 Å². The van der Waals surface area contributed by atoms with Crippen LogP contribution < -0.4 is 10.6 Å². The van der Waals surface area contributed by atoms with E-state index in [1.807, 2.05) is 37.4 Å². The normalized spacial score (nSPS) is 20.4. The first kappa shape index (κ1) is 27.5. The minimum absolute atomic E-state index is 0.123. The monoisotopic (exact) mass is 647 g/mol. The number of carbonyl (C=O) groups is 1. The highest BCUT2D eigenvalue weighted by Gasteiger charge is 2.61. The van der Waals surface area contributed by atoms with Crippen LogP contribution in [-0.4, -0.2) is 39.0 Å². The quantitative estimate of drug-likeness (QED) is 0.157. The first-order valence-corrected chi connectivity index (χ1v) is 17.1. The number of nitrogens with zero attached hydrogens (tertiary/aromatic N) is 3. The highest BCUT2D eigenvalue weighted by molar-refractivity contribution is 14.2. The van der Waals surface area contributed by atoms with Gasteiger partial charge in [-0.15, -0.1) is 11.8 Å². The number of pyridine rings is 1. The predicted molar refractivity (Wildman–Crippen MR) is 152 cm³/mol. The molecule has 3 unspecified atom stereocenters. The number of benzene rings is 1. The van der Waals surface area contributed by atoms with Crippen molar-refractivity contribution in [2.45, 2.75) is 57.0 Å². The summed E-state index contributed by atoms with van der Waals surface area (Å²) in [6.07, 6.45) is 4.14. The summed E-state index contributed by atoms with van der Waals surface area (Å²) in [5.41, 5.74) is 3.94. The zero-order valence-electron chi connectivity index (χ0n) is 20.5. The van der Waals surface area contributed by atoms with Gasteiger partial charge in [0.05, 0.1) is 23.9 Å². The SMILES string of the molecule is CC.CSc1cc(C2CCCO2)ccc1Nc1cc(NC(=O)C2CC2(F)F)nc2c1nc(C)n2PI. The smallest absolute Gasteiger partial charge is 0.260 e. The molecule has 0 radical (unpaired) electrons. The van der Waals surface area contributed by atoms with Gasteiger partial charge >= 0.3 is 0 Å². The van der Waals surface area contributed by atoms with Crippen LogP contribution in [0.1, 0.15) is 50.6 Å². The summed E-state index contributed by atoms with van der Waals surface area (Å²) in [6, 6.07) is 7.87. The number of ether oxygens (including phenoxy) is 1. The number of fused-ring (bicyclic) bond motifs is 1. The molecule has 12 heteroatoms. The van der Waals surface area contributed by atoms with E-state index in [0.717, 1.165) is 41.4 Å². The standard InChI is InChI=1S/C22H23F2IN5O2PS.C2H6/c1-11-26-19-15(27-14-6-5-12(8-17(14)34-2)16-4-3-7-32-16)9-18(28-20(19)30(11)33-25)29-21(31)13-10-22(13,23)24;1-2/h5-6,8-9,13,16,33H,3-4,7,10H2,1-2H3,(H2,27,28,29,31);1-2H3. The summed E-state index contributed by atoms with van der Waals surface area (Å²) in [7, 11) is 0. The van der Waals surface area contributed by atoms with E-state index in [-0.39, 0.29) is 11.9 Å². The zero-order chi connectivity index (χ0) is 26.0. The second kappa shape index (κ2) is 11.4. The molecule has 0 bridgehead atoms. The minimum Gasteiger partial charge on any atom is -0.374 e. The number of halogens is 3. The number of amides is 1. The maximum atomic E-state index is 13.4. The van der Waals surface area contributed by atoms with E-state index in [1.165, 1.54) is 0 Å². The number of carbonyl (C=O) groups excluding carboxylic acids is 1. The number of aromatic nitrogens is 3. The Morgan fingerprint density at radius 2 is 2.03 bits per heavy atom. The van der Waals surface area contributed by atoms with E-state index in [2.05, 4.69) is 54.8 Å². The largest absolute Gasteiger partial charge is 0.374 e. The van der Waals surface area contributed by atoms with Crippen molar-refractivity contribution in [2.24, 2.45) is 5.92 Å². The number of anilines is 3. The number of rotatable bonds is 7. The Kier molecular flexibility index (Phi) is 8.74. The molecule has 2 aromatic heterocycles. The van der Waals surface area contributed by atoms with Gasteiger partial charge in [0.15, 0.2) is 5.65 Å². The first-order valence-electron chi connectivity index (χ1n) is 11.8. The average molecular weight is 647 g/mol. The summed E-state index contributed by atoms with van der Waals surface area (Å²) < 4.78 is 34.6. The third-order valence-electron chi connectivity index (χ3n) is 6.06. The Labute approximate surface area is 228 Å². The molecular weight excluding hydrogens is 618 g/mol. The molecule has 3 heterocycles. The minimum atomic E-state index is -2.94. The van der Waals surface area contributed by atoms with Gasteiger partial charge in [-0.25, -0.2) is 18.7 Å². The maximum Gasteiger partial charge on any atom is 0.260 e. The van der Waals surface area contributed by atoms with Gasteiger partial charge in [0.2, 0.25) is 5.91 Å². The average Bonchev–Trinajstić information content (AvgIpc) is 3.21. The Morgan fingerprint density at radius 3 is 2.64 bits per heavy atom. The van der Waals surface area contributed by atoms with E-state index in [0.29, 0.717) is 23.2 Å². The van der Waals surface area contributed by atoms with E-state index < -0.39 is 24.2 Å². The molecular formula is C24H29F2IN5O2PS. The number of nitrogens with one attached hydrogen (secondary N) is 2. The Hall–Kier alpha value is -1.56. The molecule has 1 saturated carbocycles. The van der Waals surface area contributed by atoms with E-state index in [4.69, 9.17) is 4.74 Å². The lowest BCUT2D eigenvalue weighted by atomic mass is 10.1. The summed E-state index contributed by atoms with van der Waals surface area (Å²) in [5.74, 6) is -3.94. The van der Waals surface area contributed by atoms with Crippen LogP contribution in [-0.2, 0) is 9.53 Å². The van der Waals surface area contributed by atoms with Crippen molar-refractivity contribution < 1.29 is 18.3 Å². The molecule has 1 aromatic carbocycles. The number of alkyl halides is 2. The van der Waals surface area contributed by atoms with Gasteiger partial charge in [-0.2, -0.15) is 0 Å². The van der Waals surface area contributed by atoms with Crippen LogP contribution in [0, 0.1) is 12.8 Å². The van der Waals surface area contributed by atoms with Crippen LogP contribution in [0.5, 0.6) is 0 Å². The van der Waals surface area contributed by atoms with Crippen molar-refractivity contribution in [3.63, 3.8) is 0 Å². The Bertz CT molecular complexity index is 1270. The second-order valence-corrected chi connectivity index (χ2v) is 11.3. The lowest BCUT2D eigenvalue weighted by Gasteiger charge is -2.16. The molecule has 194 valence electrons. The molecule has 3 aromatic rings. The second-order valence-electron chi connectivity index (χ2n) is 8.40. The van der Waals surface area contributed by atoms with Crippen molar-refractivity contribution in [1.29, 1.82) is 0 Å². The van der Waals surface area contributed by atoms with Crippen LogP contribution in [0.2, 0.25) is 0 Å². The van der Waals surface area contributed by atoms with E-state index in [1.54, 1.807) is 17.8 Å². The molecule has 1 aliphatic carbocycles. The highest BCUT2D eigenvalue weighted by atomic mass is 127. The summed E-state index contributed by atoms with van der Waals surface area (Å²) in [5, 5.41) is 6.03. The van der Waals surface area contributed by atoms with E-state index >= 15 is 0 Å². The molecule has 7 nitrogen and oxygen atoms in total. The fourth-order valence-corrected chi connectivity index (χ4v) is 6.86. The van der Waals surface area contributed by atoms with Gasteiger partial charge < -0.3 is 15.4 Å². The zero-order valence-corrected chi connectivity index (χ0v) is 24.5. The van der Waals surface area contributed by atoms with Crippen LogP contribution in [0.4, 0.5) is 26.0 Å². The third-order valence-corrected chi connectivity index (χ3v) is 8.99. The molecule has 1 aliphatic heterocycles. The lowest BCUT2D eigenvalue weighted by molar-refractivity contribution is -0.119. The summed E-state index contributed by atoms with van der Waals surface area (Å²) in [6.45, 7) is 6.68. The third kappa shape index (κ3) is 5.63. The molecule has 2 aliphatic rings. The van der Waals surface area contributed by atoms with Crippen molar-refractivity contribution in [1.82, 2.24) is 14.3 Å². The van der Waals surface area contributed by atoms with Gasteiger partial charge in [0, 0.05) is 24.0 Å². The predicted octanol–water partition coefficient (Wildman–Crippen LogP) is 7.47. The van der Waals surface area contributed by atoms with Gasteiger partial charge in [0.1, 0.15) is 23.1 Å².